The summed E-state index contributed by atoms with van der Waals surface area (Å²) in [7, 11) is 0. The average Bonchev–Trinajstić information content (AvgIpc) is 2.74. The van der Waals surface area contributed by atoms with Gasteiger partial charge in [0.15, 0.2) is 0 Å². The maximum absolute atomic E-state index is 12.6. The molecule has 2 N–H and O–H groups in total. The number of pyridine rings is 1. The zero-order valence-corrected chi connectivity index (χ0v) is 17.5. The SMILES string of the molecule is CCCC(=O)Nc1ccc(CNc2ncc(C(=O)N3CCCCC3)cc2Cl)cc1. The van der Waals surface area contributed by atoms with Crippen LogP contribution in [-0.2, 0) is 11.3 Å². The first-order valence-electron chi connectivity index (χ1n) is 10.1. The minimum atomic E-state index is -0.00800. The van der Waals surface area contributed by atoms with Gasteiger partial charge in [0.05, 0.1) is 10.6 Å². The van der Waals surface area contributed by atoms with E-state index in [-0.39, 0.29) is 11.8 Å². The number of piperidine rings is 1. The van der Waals surface area contributed by atoms with Crippen LogP contribution in [-0.4, -0.2) is 34.8 Å². The van der Waals surface area contributed by atoms with Crippen LogP contribution in [0.4, 0.5) is 11.5 Å². The number of nitrogens with one attached hydrogen (secondary N) is 2. The van der Waals surface area contributed by atoms with Gasteiger partial charge in [0.1, 0.15) is 5.82 Å². The van der Waals surface area contributed by atoms with Crippen LogP contribution in [0.25, 0.3) is 0 Å². The van der Waals surface area contributed by atoms with Gasteiger partial charge in [-0.05, 0) is 49.4 Å². The Bertz CT molecular complexity index is 848. The van der Waals surface area contributed by atoms with Crippen molar-refractivity contribution >= 4 is 34.9 Å². The van der Waals surface area contributed by atoms with E-state index in [4.69, 9.17) is 11.6 Å². The lowest BCUT2D eigenvalue weighted by Crippen LogP contribution is -2.35. The number of rotatable bonds is 7. The molecule has 2 heterocycles. The summed E-state index contributed by atoms with van der Waals surface area (Å²) >= 11 is 6.35. The summed E-state index contributed by atoms with van der Waals surface area (Å²) in [6, 6.07) is 9.31. The predicted molar refractivity (Wildman–Crippen MR) is 116 cm³/mol. The van der Waals surface area contributed by atoms with Crippen molar-refractivity contribution in [1.29, 1.82) is 0 Å². The Morgan fingerprint density at radius 3 is 2.52 bits per heavy atom. The maximum Gasteiger partial charge on any atom is 0.255 e. The van der Waals surface area contributed by atoms with Crippen molar-refractivity contribution in [2.75, 3.05) is 23.7 Å². The van der Waals surface area contributed by atoms with Crippen molar-refractivity contribution in [2.24, 2.45) is 0 Å². The number of carbonyl (C=O) groups excluding carboxylic acids is 2. The van der Waals surface area contributed by atoms with E-state index in [0.717, 1.165) is 43.6 Å². The molecule has 1 aliphatic rings. The predicted octanol–water partition coefficient (Wildman–Crippen LogP) is 4.71. The number of aromatic nitrogens is 1. The van der Waals surface area contributed by atoms with Crippen LogP contribution in [0.15, 0.2) is 36.5 Å². The molecular formula is C22H27ClN4O2. The van der Waals surface area contributed by atoms with Gasteiger partial charge in [-0.2, -0.15) is 0 Å². The molecule has 0 bridgehead atoms. The molecule has 2 amide bonds. The van der Waals surface area contributed by atoms with Crippen LogP contribution in [0.2, 0.25) is 5.02 Å². The summed E-state index contributed by atoms with van der Waals surface area (Å²) in [5.74, 6) is 0.557. The molecule has 3 rings (SSSR count). The second-order valence-electron chi connectivity index (χ2n) is 7.26. The summed E-state index contributed by atoms with van der Waals surface area (Å²) in [6.45, 7) is 4.11. The van der Waals surface area contributed by atoms with Gasteiger partial charge in [0.25, 0.3) is 5.91 Å². The molecule has 0 aliphatic carbocycles. The Labute approximate surface area is 176 Å². The van der Waals surface area contributed by atoms with E-state index in [1.807, 2.05) is 36.1 Å². The molecule has 29 heavy (non-hydrogen) atoms. The number of amides is 2. The number of hydrogen-bond acceptors (Lipinski definition) is 4. The fourth-order valence-electron chi connectivity index (χ4n) is 3.31. The largest absolute Gasteiger partial charge is 0.365 e. The molecule has 6 nitrogen and oxygen atoms in total. The molecule has 7 heteroatoms. The Kier molecular flexibility index (Phi) is 7.47. The van der Waals surface area contributed by atoms with Gasteiger partial charge >= 0.3 is 0 Å². The molecule has 0 spiro atoms. The molecule has 1 aromatic carbocycles. The van der Waals surface area contributed by atoms with Crippen molar-refractivity contribution < 1.29 is 9.59 Å². The minimum absolute atomic E-state index is 0.00800. The van der Waals surface area contributed by atoms with Crippen molar-refractivity contribution in [3.05, 3.63) is 52.7 Å². The number of halogens is 1. The van der Waals surface area contributed by atoms with Gasteiger partial charge in [-0.25, -0.2) is 4.98 Å². The van der Waals surface area contributed by atoms with Gasteiger partial charge in [-0.3, -0.25) is 9.59 Å². The smallest absolute Gasteiger partial charge is 0.255 e. The van der Waals surface area contributed by atoms with Gasteiger partial charge in [-0.1, -0.05) is 30.7 Å². The van der Waals surface area contributed by atoms with E-state index < -0.39 is 0 Å². The van der Waals surface area contributed by atoms with Crippen molar-refractivity contribution in [1.82, 2.24) is 9.88 Å². The standard InChI is InChI=1S/C22H27ClN4O2/c1-2-6-20(28)26-18-9-7-16(8-10-18)14-24-21-19(23)13-17(15-25-21)22(29)27-11-4-3-5-12-27/h7-10,13,15H,2-6,11-12,14H2,1H3,(H,24,25)(H,26,28). The number of carbonyl (C=O) groups is 2. The minimum Gasteiger partial charge on any atom is -0.365 e. The van der Waals surface area contributed by atoms with Crippen molar-refractivity contribution in [3.8, 4) is 0 Å². The van der Waals surface area contributed by atoms with Crippen LogP contribution in [0, 0.1) is 0 Å². The highest BCUT2D eigenvalue weighted by molar-refractivity contribution is 6.33. The second-order valence-corrected chi connectivity index (χ2v) is 7.66. The van der Waals surface area contributed by atoms with E-state index in [9.17, 15) is 9.59 Å². The number of hydrogen-bond donors (Lipinski definition) is 2. The van der Waals surface area contributed by atoms with Crippen LogP contribution in [0.1, 0.15) is 54.9 Å². The molecule has 1 aliphatic heterocycles. The highest BCUT2D eigenvalue weighted by Gasteiger charge is 2.19. The molecule has 0 radical (unpaired) electrons. The Morgan fingerprint density at radius 1 is 1.14 bits per heavy atom. The molecule has 0 saturated carbocycles. The molecular weight excluding hydrogens is 388 g/mol. The Balaban J connectivity index is 1.56. The summed E-state index contributed by atoms with van der Waals surface area (Å²) < 4.78 is 0. The highest BCUT2D eigenvalue weighted by Crippen LogP contribution is 2.23. The first-order valence-corrected chi connectivity index (χ1v) is 10.5. The topological polar surface area (TPSA) is 74.3 Å². The summed E-state index contributed by atoms with van der Waals surface area (Å²) in [4.78, 5) is 30.4. The van der Waals surface area contributed by atoms with E-state index in [1.54, 1.807) is 12.3 Å². The van der Waals surface area contributed by atoms with Crippen LogP contribution < -0.4 is 10.6 Å². The second kappa shape index (κ2) is 10.3. The van der Waals surface area contributed by atoms with E-state index in [1.165, 1.54) is 6.42 Å². The van der Waals surface area contributed by atoms with E-state index >= 15 is 0 Å². The molecule has 1 fully saturated rings. The normalized spacial score (nSPS) is 13.8. The fourth-order valence-corrected chi connectivity index (χ4v) is 3.54. The molecule has 2 aromatic rings. The third kappa shape index (κ3) is 5.94. The number of benzene rings is 1. The first kappa shape index (κ1) is 21.1. The quantitative estimate of drug-likeness (QED) is 0.687. The third-order valence-corrected chi connectivity index (χ3v) is 5.19. The summed E-state index contributed by atoms with van der Waals surface area (Å²) in [6.07, 6.45) is 6.20. The lowest BCUT2D eigenvalue weighted by atomic mass is 10.1. The molecule has 154 valence electrons. The monoisotopic (exact) mass is 414 g/mol. The number of likely N-dealkylation sites (tertiary alicyclic amines) is 1. The fraction of sp³-hybridized carbons (Fsp3) is 0.409. The van der Waals surface area contributed by atoms with E-state index in [2.05, 4.69) is 15.6 Å². The van der Waals surface area contributed by atoms with Gasteiger partial charge in [0.2, 0.25) is 5.91 Å². The lowest BCUT2D eigenvalue weighted by Gasteiger charge is -2.26. The van der Waals surface area contributed by atoms with Crippen LogP contribution in [0.3, 0.4) is 0 Å². The van der Waals surface area contributed by atoms with Crippen LogP contribution >= 0.6 is 11.6 Å². The molecule has 0 unspecified atom stereocenters. The summed E-state index contributed by atoms with van der Waals surface area (Å²) in [5, 5.41) is 6.50. The van der Waals surface area contributed by atoms with Gasteiger partial charge in [0, 0.05) is 37.9 Å². The zero-order valence-electron chi connectivity index (χ0n) is 16.7. The number of nitrogens with zero attached hydrogens (tertiary/aromatic N) is 2. The maximum atomic E-state index is 12.6. The van der Waals surface area contributed by atoms with Crippen LogP contribution in [0.5, 0.6) is 0 Å². The third-order valence-electron chi connectivity index (χ3n) is 4.91. The van der Waals surface area contributed by atoms with Gasteiger partial charge in [-0.15, -0.1) is 0 Å². The average molecular weight is 415 g/mol. The molecule has 0 atom stereocenters. The molecule has 1 saturated heterocycles. The lowest BCUT2D eigenvalue weighted by molar-refractivity contribution is -0.116. The Morgan fingerprint density at radius 2 is 1.86 bits per heavy atom. The Hall–Kier alpha value is -2.60. The van der Waals surface area contributed by atoms with E-state index in [0.29, 0.717) is 29.4 Å². The van der Waals surface area contributed by atoms with Crippen molar-refractivity contribution in [3.63, 3.8) is 0 Å². The first-order chi connectivity index (χ1) is 14.1. The van der Waals surface area contributed by atoms with Crippen molar-refractivity contribution in [2.45, 2.75) is 45.6 Å². The highest BCUT2D eigenvalue weighted by atomic mass is 35.5. The summed E-state index contributed by atoms with van der Waals surface area (Å²) in [5.41, 5.74) is 2.34. The molecule has 1 aromatic heterocycles. The zero-order chi connectivity index (χ0) is 20.6. The number of anilines is 2. The van der Waals surface area contributed by atoms with Gasteiger partial charge < -0.3 is 15.5 Å².